The zero-order valence-electron chi connectivity index (χ0n) is 8.92. The molecule has 13 heavy (non-hydrogen) atoms. The number of hydrogen-bond donors (Lipinski definition) is 0. The highest BCUT2D eigenvalue weighted by molar-refractivity contribution is 5.73. The van der Waals surface area contributed by atoms with Gasteiger partial charge in [0.15, 0.2) is 0 Å². The fraction of sp³-hybridized carbons (Fsp3) is 0.900. The molecule has 0 N–H and O–H groups in total. The van der Waals surface area contributed by atoms with Crippen molar-refractivity contribution in [2.75, 3.05) is 27.2 Å². The van der Waals surface area contributed by atoms with Gasteiger partial charge < -0.3 is 9.80 Å². The van der Waals surface area contributed by atoms with E-state index in [1.54, 1.807) is 4.90 Å². The molecule has 1 aliphatic rings. The molecule has 76 valence electrons. The molecule has 3 nitrogen and oxygen atoms in total. The molecule has 1 rings (SSSR count). The molecule has 0 aromatic carbocycles. The third-order valence-corrected chi connectivity index (χ3v) is 2.32. The van der Waals surface area contributed by atoms with Crippen LogP contribution in [0.1, 0.15) is 26.2 Å². The molecule has 0 heterocycles. The minimum Gasteiger partial charge on any atom is -0.331 e. The molecule has 0 aromatic heterocycles. The molecule has 0 aromatic rings. The van der Waals surface area contributed by atoms with Gasteiger partial charge in [-0.1, -0.05) is 6.92 Å². The minimum atomic E-state index is 0.161. The number of hydrogen-bond acceptors (Lipinski definition) is 1. The van der Waals surface area contributed by atoms with Gasteiger partial charge in [-0.15, -0.1) is 0 Å². The number of carbonyl (C=O) groups excluding carboxylic acids is 1. The van der Waals surface area contributed by atoms with Crippen molar-refractivity contribution in [1.82, 2.24) is 9.80 Å². The maximum Gasteiger partial charge on any atom is 0.319 e. The smallest absolute Gasteiger partial charge is 0.319 e. The fourth-order valence-corrected chi connectivity index (χ4v) is 1.43. The second-order valence-corrected chi connectivity index (χ2v) is 4.07. The SMILES string of the molecule is CCCN(CC1CC1)C(=O)N(C)C. The van der Waals surface area contributed by atoms with E-state index in [1.807, 2.05) is 19.0 Å². The average Bonchev–Trinajstić information content (AvgIpc) is 2.86. The van der Waals surface area contributed by atoms with Gasteiger partial charge in [-0.2, -0.15) is 0 Å². The van der Waals surface area contributed by atoms with Crippen molar-refractivity contribution >= 4 is 6.03 Å². The molecular weight excluding hydrogens is 164 g/mol. The molecule has 0 spiro atoms. The van der Waals surface area contributed by atoms with Crippen LogP contribution >= 0.6 is 0 Å². The van der Waals surface area contributed by atoms with E-state index in [-0.39, 0.29) is 6.03 Å². The van der Waals surface area contributed by atoms with Crippen molar-refractivity contribution in [2.45, 2.75) is 26.2 Å². The summed E-state index contributed by atoms with van der Waals surface area (Å²) in [6.45, 7) is 3.97. The molecule has 1 fully saturated rings. The van der Waals surface area contributed by atoms with Gasteiger partial charge in [-0.05, 0) is 25.2 Å². The highest BCUT2D eigenvalue weighted by Gasteiger charge is 2.26. The molecule has 0 aliphatic heterocycles. The number of carbonyl (C=O) groups is 1. The Bertz CT molecular complexity index is 176. The van der Waals surface area contributed by atoms with Crippen LogP contribution in [0.25, 0.3) is 0 Å². The second-order valence-electron chi connectivity index (χ2n) is 4.07. The lowest BCUT2D eigenvalue weighted by molar-refractivity contribution is 0.168. The Kier molecular flexibility index (Phi) is 3.58. The van der Waals surface area contributed by atoms with Gasteiger partial charge in [0.2, 0.25) is 0 Å². The quantitative estimate of drug-likeness (QED) is 0.653. The minimum absolute atomic E-state index is 0.161. The summed E-state index contributed by atoms with van der Waals surface area (Å²) in [5.41, 5.74) is 0. The topological polar surface area (TPSA) is 23.6 Å². The largest absolute Gasteiger partial charge is 0.331 e. The maximum atomic E-state index is 11.6. The Labute approximate surface area is 80.7 Å². The van der Waals surface area contributed by atoms with Crippen LogP contribution in [-0.4, -0.2) is 43.0 Å². The first-order chi connectivity index (χ1) is 6.15. The molecule has 0 unspecified atom stereocenters. The van der Waals surface area contributed by atoms with Crippen LogP contribution in [0.15, 0.2) is 0 Å². The van der Waals surface area contributed by atoms with Gasteiger partial charge in [0.25, 0.3) is 0 Å². The van der Waals surface area contributed by atoms with Crippen LogP contribution in [0.2, 0.25) is 0 Å². The van der Waals surface area contributed by atoms with Gasteiger partial charge in [0.1, 0.15) is 0 Å². The molecule has 0 saturated heterocycles. The predicted octanol–water partition coefficient (Wildman–Crippen LogP) is 1.79. The standard InChI is InChI=1S/C10H20N2O/c1-4-7-12(8-9-5-6-9)10(13)11(2)3/h9H,4-8H2,1-3H3. The van der Waals surface area contributed by atoms with Crippen molar-refractivity contribution < 1.29 is 4.79 Å². The van der Waals surface area contributed by atoms with Gasteiger partial charge in [-0.3, -0.25) is 0 Å². The van der Waals surface area contributed by atoms with Crippen molar-refractivity contribution in [3.05, 3.63) is 0 Å². The summed E-state index contributed by atoms with van der Waals surface area (Å²) in [6.07, 6.45) is 3.66. The fourth-order valence-electron chi connectivity index (χ4n) is 1.43. The normalized spacial score (nSPS) is 15.6. The van der Waals surface area contributed by atoms with Gasteiger partial charge in [0.05, 0.1) is 0 Å². The summed E-state index contributed by atoms with van der Waals surface area (Å²) in [7, 11) is 3.63. The lowest BCUT2D eigenvalue weighted by Gasteiger charge is -2.25. The highest BCUT2D eigenvalue weighted by atomic mass is 16.2. The molecule has 3 heteroatoms. The number of nitrogens with zero attached hydrogens (tertiary/aromatic N) is 2. The summed E-state index contributed by atoms with van der Waals surface area (Å²) in [6, 6.07) is 0.161. The Morgan fingerprint density at radius 1 is 1.38 bits per heavy atom. The Hall–Kier alpha value is -0.730. The van der Waals surface area contributed by atoms with E-state index < -0.39 is 0 Å². The van der Waals surface area contributed by atoms with Gasteiger partial charge in [0, 0.05) is 27.2 Å². The van der Waals surface area contributed by atoms with E-state index in [0.717, 1.165) is 25.4 Å². The van der Waals surface area contributed by atoms with Crippen molar-refractivity contribution in [3.63, 3.8) is 0 Å². The van der Waals surface area contributed by atoms with Crippen LogP contribution < -0.4 is 0 Å². The van der Waals surface area contributed by atoms with Crippen molar-refractivity contribution in [1.29, 1.82) is 0 Å². The summed E-state index contributed by atoms with van der Waals surface area (Å²) in [5, 5.41) is 0. The molecule has 2 amide bonds. The third-order valence-electron chi connectivity index (χ3n) is 2.32. The summed E-state index contributed by atoms with van der Waals surface area (Å²) in [4.78, 5) is 15.3. The van der Waals surface area contributed by atoms with E-state index in [1.165, 1.54) is 12.8 Å². The second kappa shape index (κ2) is 4.49. The summed E-state index contributed by atoms with van der Waals surface area (Å²) < 4.78 is 0. The molecule has 0 atom stereocenters. The molecule has 0 radical (unpaired) electrons. The van der Waals surface area contributed by atoms with Crippen LogP contribution in [0.3, 0.4) is 0 Å². The molecule has 0 bridgehead atoms. The molecule has 1 aliphatic carbocycles. The Morgan fingerprint density at radius 2 is 2.00 bits per heavy atom. The Morgan fingerprint density at radius 3 is 2.38 bits per heavy atom. The number of urea groups is 1. The first-order valence-electron chi connectivity index (χ1n) is 5.11. The van der Waals surface area contributed by atoms with Gasteiger partial charge >= 0.3 is 6.03 Å². The molecule has 1 saturated carbocycles. The average molecular weight is 184 g/mol. The maximum absolute atomic E-state index is 11.6. The monoisotopic (exact) mass is 184 g/mol. The van der Waals surface area contributed by atoms with E-state index >= 15 is 0 Å². The van der Waals surface area contributed by atoms with E-state index in [2.05, 4.69) is 6.92 Å². The zero-order valence-corrected chi connectivity index (χ0v) is 8.92. The first-order valence-corrected chi connectivity index (χ1v) is 5.11. The number of amides is 2. The van der Waals surface area contributed by atoms with Crippen molar-refractivity contribution in [3.8, 4) is 0 Å². The van der Waals surface area contributed by atoms with E-state index in [9.17, 15) is 4.79 Å². The van der Waals surface area contributed by atoms with Crippen LogP contribution in [0.4, 0.5) is 4.79 Å². The van der Waals surface area contributed by atoms with Crippen LogP contribution in [0.5, 0.6) is 0 Å². The zero-order chi connectivity index (χ0) is 9.84. The summed E-state index contributed by atoms with van der Waals surface area (Å²) in [5.74, 6) is 0.787. The van der Waals surface area contributed by atoms with Crippen molar-refractivity contribution in [2.24, 2.45) is 5.92 Å². The van der Waals surface area contributed by atoms with Crippen LogP contribution in [0, 0.1) is 5.92 Å². The van der Waals surface area contributed by atoms with E-state index in [4.69, 9.17) is 0 Å². The third kappa shape index (κ3) is 3.25. The molecular formula is C10H20N2O. The Balaban J connectivity index is 2.39. The lowest BCUT2D eigenvalue weighted by Crippen LogP contribution is -2.40. The predicted molar refractivity (Wildman–Crippen MR) is 53.7 cm³/mol. The van der Waals surface area contributed by atoms with Gasteiger partial charge in [-0.25, -0.2) is 4.79 Å². The highest BCUT2D eigenvalue weighted by Crippen LogP contribution is 2.29. The first kappa shape index (κ1) is 10.4. The van der Waals surface area contributed by atoms with E-state index in [0.29, 0.717) is 0 Å². The number of rotatable bonds is 4. The lowest BCUT2D eigenvalue weighted by atomic mass is 10.3. The van der Waals surface area contributed by atoms with Crippen LogP contribution in [-0.2, 0) is 0 Å². The summed E-state index contributed by atoms with van der Waals surface area (Å²) >= 11 is 0.